The molecular formula is C23H22FN3O. The number of carbonyl (C=O) groups excluding carboxylic acids is 1. The molecule has 4 rings (SSSR count). The predicted molar refractivity (Wildman–Crippen MR) is 109 cm³/mol. The zero-order valence-electron chi connectivity index (χ0n) is 15.7. The molecule has 1 aromatic heterocycles. The summed E-state index contributed by atoms with van der Waals surface area (Å²) in [4.78, 5) is 12.5. The molecule has 0 saturated heterocycles. The molecule has 0 unspecified atom stereocenters. The second kappa shape index (κ2) is 7.80. The van der Waals surface area contributed by atoms with Gasteiger partial charge in [0.15, 0.2) is 0 Å². The van der Waals surface area contributed by atoms with Crippen molar-refractivity contribution in [3.8, 4) is 0 Å². The highest BCUT2D eigenvalue weighted by molar-refractivity contribution is 6.01. The highest BCUT2D eigenvalue weighted by Gasteiger charge is 2.25. The molecule has 4 nitrogen and oxygen atoms in total. The van der Waals surface area contributed by atoms with Gasteiger partial charge in [-0.3, -0.25) is 4.79 Å². The lowest BCUT2D eigenvalue weighted by Crippen LogP contribution is -2.22. The molecule has 5 heteroatoms. The van der Waals surface area contributed by atoms with Gasteiger partial charge in [-0.1, -0.05) is 36.4 Å². The molecule has 3 aromatic rings. The smallest absolute Gasteiger partial charge is 0.249 e. The topological polar surface area (TPSA) is 46.9 Å². The first-order valence-corrected chi connectivity index (χ1v) is 9.48. The number of aromatic nitrogens is 2. The number of benzene rings is 2. The Morgan fingerprint density at radius 3 is 2.82 bits per heavy atom. The Labute approximate surface area is 163 Å². The van der Waals surface area contributed by atoms with Gasteiger partial charge in [-0.15, -0.1) is 0 Å². The van der Waals surface area contributed by atoms with Crippen molar-refractivity contribution in [2.45, 2.75) is 32.2 Å². The molecule has 0 saturated carbocycles. The molecular weight excluding hydrogens is 353 g/mol. The van der Waals surface area contributed by atoms with Crippen LogP contribution in [0.5, 0.6) is 0 Å². The average molecular weight is 375 g/mol. The van der Waals surface area contributed by atoms with Gasteiger partial charge in [0.05, 0.1) is 12.2 Å². The van der Waals surface area contributed by atoms with Crippen LogP contribution in [0.25, 0.3) is 6.08 Å². The van der Waals surface area contributed by atoms with Gasteiger partial charge in [0.25, 0.3) is 0 Å². The van der Waals surface area contributed by atoms with Gasteiger partial charge >= 0.3 is 0 Å². The van der Waals surface area contributed by atoms with Gasteiger partial charge < -0.3 is 5.32 Å². The number of anilines is 1. The normalized spacial score (nSPS) is 16.1. The highest BCUT2D eigenvalue weighted by atomic mass is 19.1. The van der Waals surface area contributed by atoms with Gasteiger partial charge in [-0.2, -0.15) is 5.10 Å². The molecule has 0 spiro atoms. The molecule has 0 fully saturated rings. The fourth-order valence-electron chi connectivity index (χ4n) is 3.73. The number of amides is 1. The van der Waals surface area contributed by atoms with Crippen LogP contribution < -0.4 is 5.32 Å². The first-order valence-electron chi connectivity index (χ1n) is 9.48. The third kappa shape index (κ3) is 3.74. The van der Waals surface area contributed by atoms with Gasteiger partial charge in [0, 0.05) is 11.6 Å². The Morgan fingerprint density at radius 2 is 2.00 bits per heavy atom. The number of nitrogens with zero attached hydrogens (tertiary/aromatic N) is 2. The van der Waals surface area contributed by atoms with Crippen molar-refractivity contribution >= 4 is 17.8 Å². The van der Waals surface area contributed by atoms with Crippen molar-refractivity contribution in [1.29, 1.82) is 0 Å². The molecule has 1 N–H and O–H groups in total. The zero-order valence-corrected chi connectivity index (χ0v) is 15.7. The summed E-state index contributed by atoms with van der Waals surface area (Å²) in [6, 6.07) is 14.6. The molecule has 28 heavy (non-hydrogen) atoms. The summed E-state index contributed by atoms with van der Waals surface area (Å²) in [5, 5.41) is 7.52. The zero-order chi connectivity index (χ0) is 19.5. The van der Waals surface area contributed by atoms with Crippen molar-refractivity contribution in [1.82, 2.24) is 9.78 Å². The number of halogens is 1. The number of carbonyl (C=O) groups is 1. The number of hydrogen-bond donors (Lipinski definition) is 1. The summed E-state index contributed by atoms with van der Waals surface area (Å²) >= 11 is 0. The van der Waals surface area contributed by atoms with Crippen molar-refractivity contribution in [2.24, 2.45) is 0 Å². The second-order valence-corrected chi connectivity index (χ2v) is 7.10. The third-order valence-electron chi connectivity index (χ3n) is 5.15. The summed E-state index contributed by atoms with van der Waals surface area (Å²) in [5.74, 6) is 0.183. The Morgan fingerprint density at radius 1 is 1.21 bits per heavy atom. The van der Waals surface area contributed by atoms with Crippen LogP contribution in [-0.2, 0) is 11.2 Å². The Bertz CT molecular complexity index is 1020. The maximum atomic E-state index is 13.0. The quantitative estimate of drug-likeness (QED) is 0.659. The lowest BCUT2D eigenvalue weighted by molar-refractivity contribution is -0.111. The van der Waals surface area contributed by atoms with E-state index in [1.807, 2.05) is 11.6 Å². The van der Waals surface area contributed by atoms with Crippen LogP contribution in [0.4, 0.5) is 10.2 Å². The molecule has 1 amide bonds. The molecule has 0 aliphatic heterocycles. The van der Waals surface area contributed by atoms with Crippen LogP contribution in [0.15, 0.2) is 60.8 Å². The van der Waals surface area contributed by atoms with Crippen molar-refractivity contribution in [3.05, 3.63) is 88.9 Å². The van der Waals surface area contributed by atoms with Crippen molar-refractivity contribution in [2.75, 3.05) is 5.32 Å². The lowest BCUT2D eigenvalue weighted by Gasteiger charge is -2.27. The van der Waals surface area contributed by atoms with E-state index >= 15 is 0 Å². The minimum Gasteiger partial charge on any atom is -0.307 e. The lowest BCUT2D eigenvalue weighted by atomic mass is 9.88. The first kappa shape index (κ1) is 18.2. The number of hydrogen-bond acceptors (Lipinski definition) is 2. The van der Waals surface area contributed by atoms with E-state index in [-0.39, 0.29) is 17.8 Å². The minimum atomic E-state index is -0.297. The van der Waals surface area contributed by atoms with Gasteiger partial charge in [0.2, 0.25) is 5.91 Å². The molecule has 1 aliphatic carbocycles. The first-order chi connectivity index (χ1) is 13.6. The molecule has 0 radical (unpaired) electrons. The van der Waals surface area contributed by atoms with E-state index in [9.17, 15) is 9.18 Å². The van der Waals surface area contributed by atoms with Crippen LogP contribution in [0, 0.1) is 12.7 Å². The molecule has 1 atom stereocenters. The number of rotatable bonds is 4. The molecule has 0 bridgehead atoms. The maximum Gasteiger partial charge on any atom is 0.249 e. The average Bonchev–Trinajstić information content (AvgIpc) is 3.07. The third-order valence-corrected chi connectivity index (χ3v) is 5.15. The minimum absolute atomic E-state index is 0.120. The van der Waals surface area contributed by atoms with Gasteiger partial charge in [-0.05, 0) is 61.1 Å². The molecule has 1 aliphatic rings. The van der Waals surface area contributed by atoms with Crippen LogP contribution in [0.3, 0.4) is 0 Å². The molecule has 142 valence electrons. The number of aryl methyl sites for hydroxylation is 2. The molecule has 2 aromatic carbocycles. The van der Waals surface area contributed by atoms with Gasteiger partial charge in [-0.25, -0.2) is 9.07 Å². The van der Waals surface area contributed by atoms with E-state index < -0.39 is 0 Å². The maximum absolute atomic E-state index is 13.0. The Hall–Kier alpha value is -3.21. The van der Waals surface area contributed by atoms with Crippen LogP contribution >= 0.6 is 0 Å². The fraction of sp³-hybridized carbons (Fsp3) is 0.217. The fourth-order valence-corrected chi connectivity index (χ4v) is 3.73. The molecule has 1 heterocycles. The van der Waals surface area contributed by atoms with Crippen molar-refractivity contribution in [3.63, 3.8) is 0 Å². The summed E-state index contributed by atoms with van der Waals surface area (Å²) in [6.07, 6.45) is 8.08. The summed E-state index contributed by atoms with van der Waals surface area (Å²) < 4.78 is 14.9. The van der Waals surface area contributed by atoms with E-state index in [0.29, 0.717) is 0 Å². The monoisotopic (exact) mass is 375 g/mol. The van der Waals surface area contributed by atoms with E-state index in [2.05, 4.69) is 34.7 Å². The Balaban J connectivity index is 1.56. The van der Waals surface area contributed by atoms with Crippen LogP contribution in [0.2, 0.25) is 0 Å². The van der Waals surface area contributed by atoms with E-state index in [0.717, 1.165) is 36.2 Å². The predicted octanol–water partition coefficient (Wildman–Crippen LogP) is 4.91. The summed E-state index contributed by atoms with van der Waals surface area (Å²) in [7, 11) is 0. The highest BCUT2D eigenvalue weighted by Crippen LogP contribution is 2.35. The SMILES string of the molecule is Cc1cnn([C@H]2CCCc3ccccc32)c1NC(=O)/C=C\c1ccc(F)cc1. The largest absolute Gasteiger partial charge is 0.307 e. The van der Waals surface area contributed by atoms with E-state index in [1.165, 1.54) is 29.3 Å². The second-order valence-electron chi connectivity index (χ2n) is 7.10. The number of nitrogens with one attached hydrogen (secondary N) is 1. The van der Waals surface area contributed by atoms with E-state index in [1.54, 1.807) is 24.4 Å². The summed E-state index contributed by atoms with van der Waals surface area (Å²) in [6.45, 7) is 1.94. The van der Waals surface area contributed by atoms with Crippen molar-refractivity contribution < 1.29 is 9.18 Å². The summed E-state index contributed by atoms with van der Waals surface area (Å²) in [5.41, 5.74) is 4.31. The van der Waals surface area contributed by atoms with Crippen LogP contribution in [0.1, 0.15) is 41.1 Å². The van der Waals surface area contributed by atoms with E-state index in [4.69, 9.17) is 0 Å². The Kier molecular flexibility index (Phi) is 5.06. The van der Waals surface area contributed by atoms with Crippen LogP contribution in [-0.4, -0.2) is 15.7 Å². The number of fused-ring (bicyclic) bond motifs is 1. The standard InChI is InChI=1S/C23H22FN3O/c1-16-15-25-27(21-8-4-6-18-5-2-3-7-20(18)21)23(16)26-22(28)14-11-17-9-12-19(24)13-10-17/h2-3,5,7,9-15,21H,4,6,8H2,1H3,(H,26,28)/b14-11-/t21-/m0/s1. The van der Waals surface area contributed by atoms with Gasteiger partial charge in [0.1, 0.15) is 11.6 Å².